The van der Waals surface area contributed by atoms with Gasteiger partial charge < -0.3 is 10.5 Å². The Bertz CT molecular complexity index is 615. The van der Waals surface area contributed by atoms with Crippen LogP contribution < -0.4 is 16.0 Å². The molecular weight excluding hydrogens is 280 g/mol. The van der Waals surface area contributed by atoms with Crippen LogP contribution in [-0.4, -0.2) is 19.6 Å². The minimum atomic E-state index is -0.394. The van der Waals surface area contributed by atoms with E-state index in [1.807, 2.05) is 18.2 Å². The molecule has 0 heterocycles. The number of rotatable bonds is 7. The first-order valence-corrected chi connectivity index (χ1v) is 7.10. The Morgan fingerprint density at radius 1 is 1.18 bits per heavy atom. The SMILES string of the molecule is CONC(=O)c1cc(OCCCc2ccccc2)ccc1N. The van der Waals surface area contributed by atoms with E-state index in [0.29, 0.717) is 23.6 Å². The summed E-state index contributed by atoms with van der Waals surface area (Å²) in [7, 11) is 1.37. The third-order valence-electron chi connectivity index (χ3n) is 3.19. The quantitative estimate of drug-likeness (QED) is 0.468. The lowest BCUT2D eigenvalue weighted by Gasteiger charge is -2.10. The summed E-state index contributed by atoms with van der Waals surface area (Å²) in [6.45, 7) is 0.574. The summed E-state index contributed by atoms with van der Waals surface area (Å²) in [6.07, 6.45) is 1.85. The van der Waals surface area contributed by atoms with Crippen LogP contribution in [0, 0.1) is 0 Å². The molecule has 0 bridgehead atoms. The minimum absolute atomic E-state index is 0.336. The van der Waals surface area contributed by atoms with E-state index in [4.69, 9.17) is 10.5 Å². The number of aryl methyl sites for hydroxylation is 1. The van der Waals surface area contributed by atoms with Gasteiger partial charge in [-0.05, 0) is 36.6 Å². The van der Waals surface area contributed by atoms with Gasteiger partial charge in [-0.25, -0.2) is 5.48 Å². The number of anilines is 1. The molecule has 0 aliphatic heterocycles. The van der Waals surface area contributed by atoms with Gasteiger partial charge in [0.15, 0.2) is 0 Å². The molecule has 5 heteroatoms. The highest BCUT2D eigenvalue weighted by atomic mass is 16.6. The number of amides is 1. The number of carbonyl (C=O) groups excluding carboxylic acids is 1. The van der Waals surface area contributed by atoms with Gasteiger partial charge in [0.25, 0.3) is 5.91 Å². The predicted octanol–water partition coefficient (Wildman–Crippen LogP) is 2.57. The van der Waals surface area contributed by atoms with E-state index in [9.17, 15) is 4.79 Å². The Balaban J connectivity index is 1.87. The Hall–Kier alpha value is -2.53. The Kier molecular flexibility index (Phi) is 5.80. The fourth-order valence-electron chi connectivity index (χ4n) is 2.08. The minimum Gasteiger partial charge on any atom is -0.494 e. The molecule has 5 nitrogen and oxygen atoms in total. The summed E-state index contributed by atoms with van der Waals surface area (Å²) in [5, 5.41) is 0. The van der Waals surface area contributed by atoms with Crippen molar-refractivity contribution in [2.45, 2.75) is 12.8 Å². The van der Waals surface area contributed by atoms with Crippen LogP contribution in [-0.2, 0) is 11.3 Å². The average Bonchev–Trinajstić information content (AvgIpc) is 2.54. The Morgan fingerprint density at radius 2 is 1.95 bits per heavy atom. The molecule has 0 spiro atoms. The molecule has 0 aliphatic carbocycles. The number of benzene rings is 2. The van der Waals surface area contributed by atoms with Crippen LogP contribution in [0.3, 0.4) is 0 Å². The van der Waals surface area contributed by atoms with Crippen LogP contribution in [0.4, 0.5) is 5.69 Å². The van der Waals surface area contributed by atoms with Gasteiger partial charge in [0.05, 0.1) is 19.3 Å². The molecule has 0 atom stereocenters. The summed E-state index contributed by atoms with van der Waals surface area (Å²) in [4.78, 5) is 16.4. The number of ether oxygens (including phenoxy) is 1. The predicted molar refractivity (Wildman–Crippen MR) is 85.6 cm³/mol. The zero-order valence-electron chi connectivity index (χ0n) is 12.5. The van der Waals surface area contributed by atoms with Gasteiger partial charge in [-0.15, -0.1) is 0 Å². The lowest BCUT2D eigenvalue weighted by Crippen LogP contribution is -2.22. The molecule has 0 aliphatic rings. The molecule has 0 aromatic heterocycles. The number of nitrogen functional groups attached to an aromatic ring is 1. The van der Waals surface area contributed by atoms with Crippen molar-refractivity contribution in [3.8, 4) is 5.75 Å². The molecule has 0 radical (unpaired) electrons. The first-order chi connectivity index (χ1) is 10.7. The summed E-state index contributed by atoms with van der Waals surface area (Å²) < 4.78 is 5.68. The van der Waals surface area contributed by atoms with Crippen molar-refractivity contribution in [3.63, 3.8) is 0 Å². The highest BCUT2D eigenvalue weighted by Crippen LogP contribution is 2.20. The first-order valence-electron chi connectivity index (χ1n) is 7.10. The number of hydroxylamine groups is 1. The second kappa shape index (κ2) is 8.05. The van der Waals surface area contributed by atoms with Gasteiger partial charge >= 0.3 is 0 Å². The first kappa shape index (κ1) is 15.9. The van der Waals surface area contributed by atoms with Gasteiger partial charge in [-0.1, -0.05) is 30.3 Å². The van der Waals surface area contributed by atoms with Crippen molar-refractivity contribution in [1.82, 2.24) is 5.48 Å². The average molecular weight is 300 g/mol. The number of hydrogen-bond acceptors (Lipinski definition) is 4. The van der Waals surface area contributed by atoms with Gasteiger partial charge in [0.2, 0.25) is 0 Å². The number of nitrogens with one attached hydrogen (secondary N) is 1. The van der Waals surface area contributed by atoms with Crippen LogP contribution in [0.15, 0.2) is 48.5 Å². The highest BCUT2D eigenvalue weighted by Gasteiger charge is 2.10. The van der Waals surface area contributed by atoms with E-state index in [-0.39, 0.29) is 0 Å². The molecule has 0 fully saturated rings. The zero-order chi connectivity index (χ0) is 15.8. The molecule has 22 heavy (non-hydrogen) atoms. The fourth-order valence-corrected chi connectivity index (χ4v) is 2.08. The van der Waals surface area contributed by atoms with Crippen molar-refractivity contribution in [2.24, 2.45) is 0 Å². The normalized spacial score (nSPS) is 10.2. The number of carbonyl (C=O) groups is 1. The van der Waals surface area contributed by atoms with Crippen molar-refractivity contribution < 1.29 is 14.4 Å². The molecule has 0 unspecified atom stereocenters. The van der Waals surface area contributed by atoms with E-state index in [1.165, 1.54) is 12.7 Å². The maximum Gasteiger partial charge on any atom is 0.277 e. The van der Waals surface area contributed by atoms with Gasteiger partial charge in [-0.2, -0.15) is 0 Å². The Morgan fingerprint density at radius 3 is 2.68 bits per heavy atom. The van der Waals surface area contributed by atoms with E-state index in [2.05, 4.69) is 22.5 Å². The van der Waals surface area contributed by atoms with E-state index >= 15 is 0 Å². The maximum atomic E-state index is 11.8. The van der Waals surface area contributed by atoms with Crippen LogP contribution in [0.5, 0.6) is 5.75 Å². The van der Waals surface area contributed by atoms with E-state index in [1.54, 1.807) is 18.2 Å². The molecule has 2 aromatic rings. The lowest BCUT2D eigenvalue weighted by atomic mass is 10.1. The smallest absolute Gasteiger partial charge is 0.277 e. The van der Waals surface area contributed by atoms with Crippen molar-refractivity contribution in [1.29, 1.82) is 0 Å². The lowest BCUT2D eigenvalue weighted by molar-refractivity contribution is 0.0538. The second-order valence-electron chi connectivity index (χ2n) is 4.82. The van der Waals surface area contributed by atoms with Crippen molar-refractivity contribution in [3.05, 3.63) is 59.7 Å². The van der Waals surface area contributed by atoms with Gasteiger partial charge in [0, 0.05) is 5.69 Å². The van der Waals surface area contributed by atoms with Crippen molar-refractivity contribution in [2.75, 3.05) is 19.5 Å². The number of nitrogens with two attached hydrogens (primary N) is 1. The largest absolute Gasteiger partial charge is 0.494 e. The van der Waals surface area contributed by atoms with Crippen molar-refractivity contribution >= 4 is 11.6 Å². The molecule has 3 N–H and O–H groups in total. The van der Waals surface area contributed by atoms with Gasteiger partial charge in [-0.3, -0.25) is 9.63 Å². The molecule has 0 saturated carbocycles. The highest BCUT2D eigenvalue weighted by molar-refractivity contribution is 5.98. The van der Waals surface area contributed by atoms with E-state index in [0.717, 1.165) is 12.8 Å². The molecule has 116 valence electrons. The summed E-state index contributed by atoms with van der Waals surface area (Å²) in [5.74, 6) is 0.221. The second-order valence-corrected chi connectivity index (χ2v) is 4.82. The Labute approximate surface area is 130 Å². The molecule has 1 amide bonds. The molecule has 0 saturated heterocycles. The van der Waals surface area contributed by atoms with Crippen LogP contribution in [0.2, 0.25) is 0 Å². The maximum absolute atomic E-state index is 11.8. The number of hydrogen-bond donors (Lipinski definition) is 2. The summed E-state index contributed by atoms with van der Waals surface area (Å²) in [6, 6.07) is 15.3. The topological polar surface area (TPSA) is 73.6 Å². The van der Waals surface area contributed by atoms with E-state index < -0.39 is 5.91 Å². The van der Waals surface area contributed by atoms with Crippen LogP contribution >= 0.6 is 0 Å². The molecular formula is C17H20N2O3. The van der Waals surface area contributed by atoms with Crippen LogP contribution in [0.1, 0.15) is 22.3 Å². The van der Waals surface area contributed by atoms with Gasteiger partial charge in [0.1, 0.15) is 5.75 Å². The molecule has 2 rings (SSSR count). The summed E-state index contributed by atoms with van der Waals surface area (Å²) >= 11 is 0. The third-order valence-corrected chi connectivity index (χ3v) is 3.19. The molecule has 2 aromatic carbocycles. The summed E-state index contributed by atoms with van der Waals surface area (Å²) in [5.41, 5.74) is 10.0. The van der Waals surface area contributed by atoms with Crippen LogP contribution in [0.25, 0.3) is 0 Å². The zero-order valence-corrected chi connectivity index (χ0v) is 12.5. The third kappa shape index (κ3) is 4.49. The standard InChI is InChI=1S/C17H20N2O3/c1-21-19-17(20)15-12-14(9-10-16(15)18)22-11-5-8-13-6-3-2-4-7-13/h2-4,6-7,9-10,12H,5,8,11,18H2,1H3,(H,19,20). The monoisotopic (exact) mass is 300 g/mol. The fraction of sp³-hybridized carbons (Fsp3) is 0.235.